The molecule has 0 atom stereocenters. The average molecular weight is 441 g/mol. The number of hydrogen-bond acceptors (Lipinski definition) is 4. The Morgan fingerprint density at radius 1 is 0.531 bits per heavy atom. The van der Waals surface area contributed by atoms with Crippen LogP contribution in [-0.4, -0.2) is 46.2 Å². The third-order valence-corrected chi connectivity index (χ3v) is 6.48. The van der Waals surface area contributed by atoms with Gasteiger partial charge in [-0.2, -0.15) is 0 Å². The summed E-state index contributed by atoms with van der Waals surface area (Å²) in [4.78, 5) is 4.67. The van der Waals surface area contributed by atoms with E-state index in [9.17, 15) is 10.2 Å². The highest BCUT2D eigenvalue weighted by Crippen LogP contribution is 2.36. The quantitative estimate of drug-likeness (QED) is 0.381. The van der Waals surface area contributed by atoms with E-state index >= 15 is 0 Å². The lowest BCUT2D eigenvalue weighted by molar-refractivity contribution is 0.290. The Balaban J connectivity index is 2.62. The minimum Gasteiger partial charge on any atom is -0.507 e. The van der Waals surface area contributed by atoms with Crippen molar-refractivity contribution in [2.75, 3.05) is 26.2 Å². The van der Waals surface area contributed by atoms with Crippen LogP contribution in [0.25, 0.3) is 11.1 Å². The topological polar surface area (TPSA) is 46.9 Å². The van der Waals surface area contributed by atoms with Gasteiger partial charge in [-0.3, -0.25) is 9.80 Å². The van der Waals surface area contributed by atoms with Gasteiger partial charge in [0.1, 0.15) is 11.5 Å². The average Bonchev–Trinajstić information content (AvgIpc) is 2.80. The van der Waals surface area contributed by atoms with Crippen LogP contribution >= 0.6 is 0 Å². The van der Waals surface area contributed by atoms with Crippen molar-refractivity contribution in [2.24, 2.45) is 0 Å². The molecule has 0 bridgehead atoms. The second-order valence-electron chi connectivity index (χ2n) is 8.71. The van der Waals surface area contributed by atoms with E-state index in [1.54, 1.807) is 0 Å². The molecule has 4 heteroatoms. The molecule has 0 saturated heterocycles. The second kappa shape index (κ2) is 12.9. The maximum absolute atomic E-state index is 11.0. The molecule has 0 amide bonds. The molecule has 32 heavy (non-hydrogen) atoms. The fourth-order valence-electron chi connectivity index (χ4n) is 4.39. The number of nitrogens with zero attached hydrogens (tertiary/aromatic N) is 2. The van der Waals surface area contributed by atoms with Gasteiger partial charge in [0, 0.05) is 24.2 Å². The van der Waals surface area contributed by atoms with E-state index in [1.807, 2.05) is 0 Å². The maximum atomic E-state index is 11.0. The summed E-state index contributed by atoms with van der Waals surface area (Å²) in [5.41, 5.74) is 6.28. The minimum atomic E-state index is 0.443. The van der Waals surface area contributed by atoms with Crippen molar-refractivity contribution in [3.8, 4) is 22.6 Å². The SMILES string of the molecule is CCCc1cc(-c2cc(CCC)c(O)c(CN(CC)CC)c2)cc(CN(CC)CC)c1O. The van der Waals surface area contributed by atoms with E-state index in [0.717, 1.165) is 98.3 Å². The lowest BCUT2D eigenvalue weighted by Crippen LogP contribution is -2.22. The molecule has 0 spiro atoms. The zero-order valence-electron chi connectivity index (χ0n) is 21.2. The van der Waals surface area contributed by atoms with E-state index in [0.29, 0.717) is 11.5 Å². The molecule has 0 heterocycles. The van der Waals surface area contributed by atoms with Crippen molar-refractivity contribution >= 4 is 0 Å². The van der Waals surface area contributed by atoms with Crippen LogP contribution in [0.15, 0.2) is 24.3 Å². The van der Waals surface area contributed by atoms with Crippen LogP contribution in [0, 0.1) is 0 Å². The number of hydrogen-bond donors (Lipinski definition) is 2. The van der Waals surface area contributed by atoms with Crippen molar-refractivity contribution in [3.05, 3.63) is 46.5 Å². The van der Waals surface area contributed by atoms with Gasteiger partial charge in [0.2, 0.25) is 0 Å². The highest BCUT2D eigenvalue weighted by molar-refractivity contribution is 5.70. The fraction of sp³-hybridized carbons (Fsp3) is 0.571. The van der Waals surface area contributed by atoms with Crippen molar-refractivity contribution in [2.45, 2.75) is 80.3 Å². The lowest BCUT2D eigenvalue weighted by Gasteiger charge is -2.22. The fourth-order valence-corrected chi connectivity index (χ4v) is 4.39. The summed E-state index contributed by atoms with van der Waals surface area (Å²) in [6.45, 7) is 18.3. The Labute approximate surface area is 195 Å². The van der Waals surface area contributed by atoms with Crippen LogP contribution in [0.3, 0.4) is 0 Å². The van der Waals surface area contributed by atoms with Crippen LogP contribution in [0.5, 0.6) is 11.5 Å². The van der Waals surface area contributed by atoms with Gasteiger partial charge in [-0.05, 0) is 85.5 Å². The standard InChI is InChI=1S/C28H44N2O2/c1-7-13-21-15-23(17-25(27(21)31)19-29(9-3)10-4)24-16-22(14-8-2)28(32)26(18-24)20-30(11-5)12-6/h15-18,31-32H,7-14,19-20H2,1-6H3. The van der Waals surface area contributed by atoms with Gasteiger partial charge in [0.15, 0.2) is 0 Å². The van der Waals surface area contributed by atoms with Crippen LogP contribution in [-0.2, 0) is 25.9 Å². The Morgan fingerprint density at radius 2 is 0.844 bits per heavy atom. The number of aromatic hydroxyl groups is 2. The van der Waals surface area contributed by atoms with Crippen LogP contribution in [0.2, 0.25) is 0 Å². The normalized spacial score (nSPS) is 11.6. The van der Waals surface area contributed by atoms with Crippen molar-refractivity contribution in [1.82, 2.24) is 9.80 Å². The van der Waals surface area contributed by atoms with Gasteiger partial charge in [-0.1, -0.05) is 54.4 Å². The molecule has 2 aromatic rings. The van der Waals surface area contributed by atoms with Crippen LogP contribution < -0.4 is 0 Å². The number of benzene rings is 2. The molecule has 0 aliphatic rings. The van der Waals surface area contributed by atoms with Crippen molar-refractivity contribution in [1.29, 1.82) is 0 Å². The third-order valence-electron chi connectivity index (χ3n) is 6.48. The highest BCUT2D eigenvalue weighted by atomic mass is 16.3. The molecule has 4 nitrogen and oxygen atoms in total. The summed E-state index contributed by atoms with van der Waals surface area (Å²) in [5, 5.41) is 22.0. The van der Waals surface area contributed by atoms with Crippen molar-refractivity contribution in [3.63, 3.8) is 0 Å². The summed E-state index contributed by atoms with van der Waals surface area (Å²) in [6.07, 6.45) is 3.70. The summed E-state index contributed by atoms with van der Waals surface area (Å²) in [7, 11) is 0. The smallest absolute Gasteiger partial charge is 0.123 e. The zero-order valence-corrected chi connectivity index (χ0v) is 21.2. The molecule has 2 rings (SSSR count). The van der Waals surface area contributed by atoms with Gasteiger partial charge >= 0.3 is 0 Å². The Bertz CT molecular complexity index is 783. The molecular weight excluding hydrogens is 396 g/mol. The van der Waals surface area contributed by atoms with E-state index in [-0.39, 0.29) is 0 Å². The maximum Gasteiger partial charge on any atom is 0.123 e. The van der Waals surface area contributed by atoms with E-state index in [4.69, 9.17) is 0 Å². The van der Waals surface area contributed by atoms with Gasteiger partial charge in [0.05, 0.1) is 0 Å². The minimum absolute atomic E-state index is 0.443. The molecule has 0 saturated carbocycles. The monoisotopic (exact) mass is 440 g/mol. The number of aryl methyl sites for hydroxylation is 2. The summed E-state index contributed by atoms with van der Waals surface area (Å²) in [6, 6.07) is 8.59. The first kappa shape index (κ1) is 26.2. The number of phenols is 2. The summed E-state index contributed by atoms with van der Waals surface area (Å²) < 4.78 is 0. The molecule has 0 unspecified atom stereocenters. The number of rotatable bonds is 13. The van der Waals surface area contributed by atoms with Gasteiger partial charge in [-0.25, -0.2) is 0 Å². The molecule has 0 aromatic heterocycles. The van der Waals surface area contributed by atoms with Crippen LogP contribution in [0.4, 0.5) is 0 Å². The Morgan fingerprint density at radius 3 is 1.12 bits per heavy atom. The lowest BCUT2D eigenvalue weighted by atomic mass is 9.92. The molecule has 178 valence electrons. The van der Waals surface area contributed by atoms with E-state index < -0.39 is 0 Å². The first-order valence-corrected chi connectivity index (χ1v) is 12.6. The molecular formula is C28H44N2O2. The zero-order chi connectivity index (χ0) is 23.7. The van der Waals surface area contributed by atoms with E-state index in [2.05, 4.69) is 75.6 Å². The molecule has 2 N–H and O–H groups in total. The van der Waals surface area contributed by atoms with Gasteiger partial charge in [-0.15, -0.1) is 0 Å². The molecule has 0 aliphatic carbocycles. The summed E-state index contributed by atoms with van der Waals surface area (Å²) in [5.74, 6) is 0.886. The first-order valence-electron chi connectivity index (χ1n) is 12.6. The third kappa shape index (κ3) is 6.49. The second-order valence-corrected chi connectivity index (χ2v) is 8.71. The van der Waals surface area contributed by atoms with Crippen LogP contribution in [0.1, 0.15) is 76.6 Å². The Hall–Kier alpha value is -2.04. The number of phenolic OH excluding ortho intramolecular Hbond substituents is 2. The van der Waals surface area contributed by atoms with Crippen molar-refractivity contribution < 1.29 is 10.2 Å². The predicted octanol–water partition coefficient (Wildman–Crippen LogP) is 6.35. The molecule has 2 aromatic carbocycles. The molecule has 0 radical (unpaired) electrons. The summed E-state index contributed by atoms with van der Waals surface area (Å²) >= 11 is 0. The predicted molar refractivity (Wildman–Crippen MR) is 136 cm³/mol. The molecule has 0 aliphatic heterocycles. The van der Waals surface area contributed by atoms with Gasteiger partial charge in [0.25, 0.3) is 0 Å². The Kier molecular flexibility index (Phi) is 10.5. The largest absolute Gasteiger partial charge is 0.507 e. The first-order chi connectivity index (χ1) is 15.4. The molecule has 0 fully saturated rings. The highest BCUT2D eigenvalue weighted by Gasteiger charge is 2.17. The van der Waals surface area contributed by atoms with Gasteiger partial charge < -0.3 is 10.2 Å². The van der Waals surface area contributed by atoms with E-state index in [1.165, 1.54) is 0 Å².